The van der Waals surface area contributed by atoms with Crippen LogP contribution in [0.1, 0.15) is 19.3 Å². The Balaban J connectivity index is 0. The Hall–Kier alpha value is -1.58. The second-order valence-corrected chi connectivity index (χ2v) is 2.15. The third-order valence-corrected chi connectivity index (χ3v) is 0.703. The van der Waals surface area contributed by atoms with E-state index >= 15 is 0 Å². The van der Waals surface area contributed by atoms with Gasteiger partial charge in [-0.3, -0.25) is 0 Å². The number of hydrogen-bond donors (Lipinski definition) is 2. The van der Waals surface area contributed by atoms with Gasteiger partial charge in [-0.1, -0.05) is 32.4 Å². The topological polar surface area (TPSA) is 74.6 Å². The molecule has 74 valence electrons. The van der Waals surface area contributed by atoms with E-state index in [-0.39, 0.29) is 0 Å². The molecule has 0 aromatic carbocycles. The Morgan fingerprint density at radius 2 is 1.08 bits per heavy atom. The molecule has 4 nitrogen and oxygen atoms in total. The highest BCUT2D eigenvalue weighted by atomic mass is 16.4. The van der Waals surface area contributed by atoms with Crippen molar-refractivity contribution in [3.05, 3.63) is 25.3 Å². The van der Waals surface area contributed by atoms with Crippen LogP contribution in [0.2, 0.25) is 0 Å². The number of rotatable bonds is 2. The number of carboxylic acid groups (broad SMARTS) is 2. The maximum Gasteiger partial charge on any atom is 0.327 e. The zero-order valence-electron chi connectivity index (χ0n) is 7.40. The predicted molar refractivity (Wildman–Crippen MR) is 49.5 cm³/mol. The molecule has 4 heteroatoms. The fourth-order valence-corrected chi connectivity index (χ4v) is 0. The third-order valence-electron chi connectivity index (χ3n) is 0.703. The Morgan fingerprint density at radius 3 is 1.08 bits per heavy atom. The monoisotopic (exact) mass is 186 g/mol. The van der Waals surface area contributed by atoms with E-state index in [1.807, 2.05) is 0 Å². The van der Waals surface area contributed by atoms with Gasteiger partial charge in [-0.2, -0.15) is 0 Å². The first-order valence-corrected chi connectivity index (χ1v) is 3.75. The second-order valence-electron chi connectivity index (χ2n) is 2.15. The van der Waals surface area contributed by atoms with E-state index in [0.717, 1.165) is 12.2 Å². The van der Waals surface area contributed by atoms with E-state index in [4.69, 9.17) is 10.2 Å². The van der Waals surface area contributed by atoms with Crippen LogP contribution >= 0.6 is 0 Å². The highest BCUT2D eigenvalue weighted by Gasteiger charge is 1.95. The summed E-state index contributed by atoms with van der Waals surface area (Å²) in [5.74, 6) is -1.96. The number of hydrogen-bond acceptors (Lipinski definition) is 2. The van der Waals surface area contributed by atoms with Gasteiger partial charge in [0.25, 0.3) is 0 Å². The quantitative estimate of drug-likeness (QED) is 0.643. The first kappa shape index (κ1) is 14.0. The number of aliphatic carboxylic acids is 2. The number of carboxylic acids is 2. The maximum atomic E-state index is 9.25. The van der Waals surface area contributed by atoms with E-state index in [1.54, 1.807) is 0 Å². The second kappa shape index (κ2) is 10.4. The van der Waals surface area contributed by atoms with Crippen molar-refractivity contribution in [3.63, 3.8) is 0 Å². The van der Waals surface area contributed by atoms with Gasteiger partial charge in [0.1, 0.15) is 0 Å². The molecular formula is C9H14O4. The molecule has 2 N–H and O–H groups in total. The van der Waals surface area contributed by atoms with Crippen LogP contribution in [-0.4, -0.2) is 22.2 Å². The van der Waals surface area contributed by atoms with Gasteiger partial charge in [0, 0.05) is 12.2 Å². The molecule has 1 aliphatic carbocycles. The van der Waals surface area contributed by atoms with Gasteiger partial charge >= 0.3 is 11.9 Å². The van der Waals surface area contributed by atoms with Crippen LogP contribution in [0.3, 0.4) is 0 Å². The molecule has 0 spiro atoms. The highest BCUT2D eigenvalue weighted by Crippen LogP contribution is 2.14. The lowest BCUT2D eigenvalue weighted by Crippen LogP contribution is -1.82. The molecule has 1 rings (SSSR count). The van der Waals surface area contributed by atoms with Crippen molar-refractivity contribution in [3.8, 4) is 0 Å². The average molecular weight is 186 g/mol. The molecule has 0 aromatic heterocycles. The summed E-state index contributed by atoms with van der Waals surface area (Å²) in [4.78, 5) is 18.5. The molecule has 1 fully saturated rings. The van der Waals surface area contributed by atoms with Crippen molar-refractivity contribution in [2.45, 2.75) is 19.3 Å². The van der Waals surface area contributed by atoms with Crippen molar-refractivity contribution in [1.82, 2.24) is 0 Å². The van der Waals surface area contributed by atoms with Gasteiger partial charge < -0.3 is 10.2 Å². The fourth-order valence-electron chi connectivity index (χ4n) is 0. The summed E-state index contributed by atoms with van der Waals surface area (Å²) >= 11 is 0. The van der Waals surface area contributed by atoms with E-state index in [1.165, 1.54) is 19.3 Å². The zero-order chi connectivity index (χ0) is 10.7. The Kier molecular flexibility index (Phi) is 11.2. The van der Waals surface area contributed by atoms with Gasteiger partial charge in [-0.25, -0.2) is 9.59 Å². The summed E-state index contributed by atoms with van der Waals surface area (Å²) in [5.41, 5.74) is 0. The molecule has 0 atom stereocenters. The maximum absolute atomic E-state index is 9.25. The Labute approximate surface area is 77.2 Å². The van der Waals surface area contributed by atoms with E-state index in [0.29, 0.717) is 0 Å². The molecule has 0 radical (unpaired) electrons. The smallest absolute Gasteiger partial charge is 0.327 e. The largest absolute Gasteiger partial charge is 0.478 e. The number of carbonyl (C=O) groups is 2. The molecule has 0 aliphatic heterocycles. The fraction of sp³-hybridized carbons (Fsp3) is 0.333. The molecule has 1 aliphatic rings. The van der Waals surface area contributed by atoms with Crippen molar-refractivity contribution >= 4 is 11.9 Å². The van der Waals surface area contributed by atoms with Crippen LogP contribution in [0.25, 0.3) is 0 Å². The normalized spacial score (nSPS) is 10.5. The van der Waals surface area contributed by atoms with Crippen LogP contribution < -0.4 is 0 Å². The van der Waals surface area contributed by atoms with Crippen LogP contribution in [0.4, 0.5) is 0 Å². The minimum absolute atomic E-state index is 0.833. The average Bonchev–Trinajstić information content (AvgIpc) is 2.91. The summed E-state index contributed by atoms with van der Waals surface area (Å²) in [6.45, 7) is 5.92. The van der Waals surface area contributed by atoms with Gasteiger partial charge in [-0.15, -0.1) is 0 Å². The minimum Gasteiger partial charge on any atom is -0.478 e. The molecular weight excluding hydrogens is 172 g/mol. The molecule has 13 heavy (non-hydrogen) atoms. The van der Waals surface area contributed by atoms with E-state index < -0.39 is 11.9 Å². The van der Waals surface area contributed by atoms with Crippen LogP contribution in [0.5, 0.6) is 0 Å². The summed E-state index contributed by atoms with van der Waals surface area (Å²) in [6, 6.07) is 0. The zero-order valence-corrected chi connectivity index (χ0v) is 7.40. The van der Waals surface area contributed by atoms with Crippen LogP contribution in [0.15, 0.2) is 25.3 Å². The van der Waals surface area contributed by atoms with Gasteiger partial charge in [0.2, 0.25) is 0 Å². The minimum atomic E-state index is -0.981. The SMILES string of the molecule is C1CC1.C=CC(=O)O.C=CC(=O)O. The lowest BCUT2D eigenvalue weighted by atomic mass is 10.7. The van der Waals surface area contributed by atoms with Crippen molar-refractivity contribution in [1.29, 1.82) is 0 Å². The first-order chi connectivity index (χ1) is 6.04. The van der Waals surface area contributed by atoms with Crippen LogP contribution in [-0.2, 0) is 9.59 Å². The molecule has 1 saturated carbocycles. The summed E-state index contributed by atoms with van der Waals surface area (Å²) in [6.07, 6.45) is 6.17. The van der Waals surface area contributed by atoms with Gasteiger partial charge in [0.05, 0.1) is 0 Å². The highest BCUT2D eigenvalue weighted by molar-refractivity contribution is 5.79. The Bertz CT molecular complexity index is 161. The Morgan fingerprint density at radius 1 is 0.923 bits per heavy atom. The summed E-state index contributed by atoms with van der Waals surface area (Å²) in [7, 11) is 0. The lowest BCUT2D eigenvalue weighted by molar-refractivity contribution is -0.132. The van der Waals surface area contributed by atoms with Gasteiger partial charge in [-0.05, 0) is 0 Å². The first-order valence-electron chi connectivity index (χ1n) is 3.75. The lowest BCUT2D eigenvalue weighted by Gasteiger charge is -1.64. The van der Waals surface area contributed by atoms with Gasteiger partial charge in [0.15, 0.2) is 0 Å². The van der Waals surface area contributed by atoms with Crippen molar-refractivity contribution in [2.75, 3.05) is 0 Å². The molecule has 0 aromatic rings. The third kappa shape index (κ3) is 63.2. The standard InChI is InChI=1S/2C3H4O2.C3H6/c2*1-2-3(4)5;1-2-3-1/h2*2H,1H2,(H,4,5);1-3H2. The van der Waals surface area contributed by atoms with Crippen molar-refractivity contribution < 1.29 is 19.8 Å². The van der Waals surface area contributed by atoms with E-state index in [2.05, 4.69) is 13.2 Å². The summed E-state index contributed by atoms with van der Waals surface area (Å²) in [5, 5.41) is 15.2. The molecule has 0 bridgehead atoms. The molecule has 0 heterocycles. The molecule has 0 saturated heterocycles. The summed E-state index contributed by atoms with van der Waals surface area (Å²) < 4.78 is 0. The van der Waals surface area contributed by atoms with E-state index in [9.17, 15) is 9.59 Å². The van der Waals surface area contributed by atoms with Crippen molar-refractivity contribution in [2.24, 2.45) is 0 Å². The van der Waals surface area contributed by atoms with Crippen LogP contribution in [0, 0.1) is 0 Å². The molecule has 0 amide bonds. The molecule has 0 unspecified atom stereocenters. The predicted octanol–water partition coefficient (Wildman–Crippen LogP) is 1.68.